The summed E-state index contributed by atoms with van der Waals surface area (Å²) < 4.78 is 26.1. The van der Waals surface area contributed by atoms with Crippen LogP contribution < -0.4 is 0 Å². The Kier molecular flexibility index (Phi) is 3.88. The maximum absolute atomic E-state index is 13.1. The lowest BCUT2D eigenvalue weighted by Crippen LogP contribution is -2.37. The van der Waals surface area contributed by atoms with E-state index in [-0.39, 0.29) is 0 Å². The summed E-state index contributed by atoms with van der Waals surface area (Å²) in [5.74, 6) is -3.99. The second-order valence-corrected chi connectivity index (χ2v) is 4.99. The second-order valence-electron chi connectivity index (χ2n) is 4.99. The Labute approximate surface area is 94.4 Å². The van der Waals surface area contributed by atoms with Crippen molar-refractivity contribution in [1.29, 1.82) is 0 Å². The Morgan fingerprint density at radius 1 is 1.44 bits per heavy atom. The highest BCUT2D eigenvalue weighted by Gasteiger charge is 2.45. The molecule has 1 heterocycles. The number of carbonyl (C=O) groups is 1. The summed E-state index contributed by atoms with van der Waals surface area (Å²) in [5, 5.41) is 9.21. The molecule has 94 valence electrons. The van der Waals surface area contributed by atoms with E-state index in [9.17, 15) is 18.7 Å². The Hall–Kier alpha value is -0.710. The van der Waals surface area contributed by atoms with Crippen LogP contribution in [0.1, 0.15) is 32.6 Å². The molecule has 0 aromatic rings. The third-order valence-corrected chi connectivity index (χ3v) is 3.27. The predicted octanol–water partition coefficient (Wildman–Crippen LogP) is 2.22. The van der Waals surface area contributed by atoms with Gasteiger partial charge in [0.05, 0.1) is 5.41 Å². The van der Waals surface area contributed by atoms with Crippen molar-refractivity contribution in [2.75, 3.05) is 20.1 Å². The third-order valence-electron chi connectivity index (χ3n) is 3.27. The highest BCUT2D eigenvalue weighted by molar-refractivity contribution is 5.74. The van der Waals surface area contributed by atoms with Crippen LogP contribution in [-0.4, -0.2) is 42.0 Å². The van der Waals surface area contributed by atoms with Crippen LogP contribution in [0, 0.1) is 5.41 Å². The number of alkyl halides is 2. The minimum absolute atomic E-state index is 0.308. The average Bonchev–Trinajstić information content (AvgIpc) is 2.27. The van der Waals surface area contributed by atoms with E-state index >= 15 is 0 Å². The van der Waals surface area contributed by atoms with E-state index in [2.05, 4.69) is 0 Å². The summed E-state index contributed by atoms with van der Waals surface area (Å²) in [7, 11) is 1.89. The van der Waals surface area contributed by atoms with Gasteiger partial charge in [-0.05, 0) is 46.3 Å². The lowest BCUT2D eigenvalue weighted by Gasteiger charge is -2.30. The fourth-order valence-electron chi connectivity index (χ4n) is 2.39. The number of nitrogens with zero attached hydrogens (tertiary/aromatic N) is 1. The van der Waals surface area contributed by atoms with Gasteiger partial charge in [0, 0.05) is 6.42 Å². The molecule has 1 saturated heterocycles. The monoisotopic (exact) mass is 235 g/mol. The van der Waals surface area contributed by atoms with E-state index in [4.69, 9.17) is 0 Å². The number of hydrogen-bond donors (Lipinski definition) is 1. The molecule has 16 heavy (non-hydrogen) atoms. The summed E-state index contributed by atoms with van der Waals surface area (Å²) in [6.07, 6.45) is 0.764. The van der Waals surface area contributed by atoms with E-state index in [1.807, 2.05) is 11.9 Å². The first-order valence-corrected chi connectivity index (χ1v) is 5.55. The van der Waals surface area contributed by atoms with Gasteiger partial charge in [0.15, 0.2) is 0 Å². The van der Waals surface area contributed by atoms with Crippen LogP contribution in [0.3, 0.4) is 0 Å². The van der Waals surface area contributed by atoms with Gasteiger partial charge < -0.3 is 10.0 Å². The van der Waals surface area contributed by atoms with Crippen molar-refractivity contribution in [1.82, 2.24) is 4.90 Å². The smallest absolute Gasteiger partial charge is 0.309 e. The van der Waals surface area contributed by atoms with E-state index < -0.39 is 23.7 Å². The molecular formula is C11H19F2NO2. The van der Waals surface area contributed by atoms with Gasteiger partial charge in [0.1, 0.15) is 0 Å². The van der Waals surface area contributed by atoms with Gasteiger partial charge in [-0.2, -0.15) is 0 Å². The molecule has 0 saturated carbocycles. The summed E-state index contributed by atoms with van der Waals surface area (Å²) in [6, 6.07) is 0. The van der Waals surface area contributed by atoms with Gasteiger partial charge in [-0.15, -0.1) is 0 Å². The number of carboxylic acid groups (broad SMARTS) is 1. The van der Waals surface area contributed by atoms with Crippen LogP contribution >= 0.6 is 0 Å². The molecule has 0 spiro atoms. The first-order valence-electron chi connectivity index (χ1n) is 5.55. The van der Waals surface area contributed by atoms with Crippen molar-refractivity contribution < 1.29 is 18.7 Å². The zero-order valence-electron chi connectivity index (χ0n) is 9.80. The Morgan fingerprint density at radius 3 is 2.56 bits per heavy atom. The Morgan fingerprint density at radius 2 is 2.06 bits per heavy atom. The standard InChI is InChI=1S/C11H19F2NO2/c1-10(12,13)8-11(9(15)16)4-3-6-14(2)7-5-11/h3-8H2,1-2H3,(H,15,16). The molecule has 0 aromatic carbocycles. The number of aliphatic carboxylic acids is 1. The highest BCUT2D eigenvalue weighted by atomic mass is 19.3. The number of carboxylic acids is 1. The Balaban J connectivity index is 2.83. The molecule has 0 bridgehead atoms. The van der Waals surface area contributed by atoms with Crippen molar-refractivity contribution >= 4 is 5.97 Å². The molecule has 1 rings (SSSR count). The zero-order chi connectivity index (χ0) is 12.4. The molecule has 1 atom stereocenters. The lowest BCUT2D eigenvalue weighted by atomic mass is 9.76. The number of hydrogen-bond acceptors (Lipinski definition) is 2. The largest absolute Gasteiger partial charge is 0.481 e. The summed E-state index contributed by atoms with van der Waals surface area (Å²) in [5.41, 5.74) is -1.25. The normalized spacial score (nSPS) is 28.8. The minimum Gasteiger partial charge on any atom is -0.481 e. The molecule has 0 aliphatic carbocycles. The van der Waals surface area contributed by atoms with Gasteiger partial charge in [0.2, 0.25) is 5.92 Å². The minimum atomic E-state index is -2.92. The molecule has 0 aromatic heterocycles. The number of halogens is 2. The number of likely N-dealkylation sites (tertiary alicyclic amines) is 1. The van der Waals surface area contributed by atoms with Crippen molar-refractivity contribution in [2.24, 2.45) is 5.41 Å². The molecule has 0 amide bonds. The van der Waals surface area contributed by atoms with Gasteiger partial charge >= 0.3 is 5.97 Å². The van der Waals surface area contributed by atoms with E-state index in [0.29, 0.717) is 25.8 Å². The van der Waals surface area contributed by atoms with E-state index in [0.717, 1.165) is 13.5 Å². The second kappa shape index (κ2) is 4.65. The maximum Gasteiger partial charge on any atom is 0.309 e. The van der Waals surface area contributed by atoms with Gasteiger partial charge in [-0.25, -0.2) is 8.78 Å². The lowest BCUT2D eigenvalue weighted by molar-refractivity contribution is -0.156. The van der Waals surface area contributed by atoms with Crippen LogP contribution in [0.15, 0.2) is 0 Å². The third kappa shape index (κ3) is 3.40. The fraction of sp³-hybridized carbons (Fsp3) is 0.909. The fourth-order valence-corrected chi connectivity index (χ4v) is 2.39. The molecule has 1 aliphatic heterocycles. The summed E-state index contributed by atoms with van der Waals surface area (Å²) in [4.78, 5) is 13.3. The molecule has 1 N–H and O–H groups in total. The Bertz CT molecular complexity index is 265. The first kappa shape index (κ1) is 13.4. The molecular weight excluding hydrogens is 216 g/mol. The van der Waals surface area contributed by atoms with Crippen molar-refractivity contribution in [3.8, 4) is 0 Å². The van der Waals surface area contributed by atoms with Crippen molar-refractivity contribution in [3.05, 3.63) is 0 Å². The van der Waals surface area contributed by atoms with Crippen molar-refractivity contribution in [3.63, 3.8) is 0 Å². The SMILES string of the molecule is CN1CCCC(CC(C)(F)F)(C(=O)O)CC1. The van der Waals surface area contributed by atoms with Gasteiger partial charge in [-0.1, -0.05) is 0 Å². The van der Waals surface area contributed by atoms with Gasteiger partial charge in [0.25, 0.3) is 0 Å². The van der Waals surface area contributed by atoms with Crippen LogP contribution in [0.5, 0.6) is 0 Å². The number of rotatable bonds is 3. The average molecular weight is 235 g/mol. The molecule has 1 unspecified atom stereocenters. The van der Waals surface area contributed by atoms with E-state index in [1.165, 1.54) is 0 Å². The zero-order valence-corrected chi connectivity index (χ0v) is 9.80. The molecule has 1 fully saturated rings. The van der Waals surface area contributed by atoms with E-state index in [1.54, 1.807) is 0 Å². The first-order chi connectivity index (χ1) is 7.25. The topological polar surface area (TPSA) is 40.5 Å². The van der Waals surface area contributed by atoms with Crippen molar-refractivity contribution in [2.45, 2.75) is 38.5 Å². The maximum atomic E-state index is 13.1. The van der Waals surface area contributed by atoms with Gasteiger partial charge in [-0.3, -0.25) is 4.79 Å². The summed E-state index contributed by atoms with van der Waals surface area (Å²) >= 11 is 0. The molecule has 1 aliphatic rings. The molecule has 5 heteroatoms. The summed E-state index contributed by atoms with van der Waals surface area (Å²) in [6.45, 7) is 2.15. The van der Waals surface area contributed by atoms with Crippen LogP contribution in [0.2, 0.25) is 0 Å². The highest BCUT2D eigenvalue weighted by Crippen LogP contribution is 2.40. The van der Waals surface area contributed by atoms with Crippen LogP contribution in [0.4, 0.5) is 8.78 Å². The quantitative estimate of drug-likeness (QED) is 0.815. The predicted molar refractivity (Wildman–Crippen MR) is 56.7 cm³/mol. The molecule has 3 nitrogen and oxygen atoms in total. The van der Waals surface area contributed by atoms with Crippen LogP contribution in [0.25, 0.3) is 0 Å². The van der Waals surface area contributed by atoms with Crippen LogP contribution in [-0.2, 0) is 4.79 Å². The molecule has 0 radical (unpaired) electrons.